The molecule has 0 aliphatic heterocycles. The predicted molar refractivity (Wildman–Crippen MR) is 120 cm³/mol. The van der Waals surface area contributed by atoms with Gasteiger partial charge < -0.3 is 4.98 Å². The van der Waals surface area contributed by atoms with Crippen molar-refractivity contribution < 1.29 is 14.0 Å². The van der Waals surface area contributed by atoms with Gasteiger partial charge in [0.2, 0.25) is 5.91 Å². The predicted octanol–water partition coefficient (Wildman–Crippen LogP) is 3.57. The first kappa shape index (κ1) is 21.3. The first-order valence-electron chi connectivity index (χ1n) is 10.3. The van der Waals surface area contributed by atoms with E-state index in [0.29, 0.717) is 6.42 Å². The number of amides is 2. The summed E-state index contributed by atoms with van der Waals surface area (Å²) in [6.45, 7) is 3.73. The van der Waals surface area contributed by atoms with Gasteiger partial charge in [0.25, 0.3) is 5.91 Å². The van der Waals surface area contributed by atoms with Crippen molar-refractivity contribution in [2.24, 2.45) is 0 Å². The lowest BCUT2D eigenvalue weighted by atomic mass is 10.0. The molecule has 32 heavy (non-hydrogen) atoms. The van der Waals surface area contributed by atoms with Crippen molar-refractivity contribution in [3.05, 3.63) is 77.4 Å². The van der Waals surface area contributed by atoms with Crippen LogP contribution in [0.4, 0.5) is 4.39 Å². The maximum Gasteiger partial charge on any atom is 0.260 e. The van der Waals surface area contributed by atoms with E-state index in [-0.39, 0.29) is 30.6 Å². The number of fused-ring (bicyclic) bond motifs is 1. The number of benzene rings is 2. The van der Waals surface area contributed by atoms with Gasteiger partial charge in [-0.2, -0.15) is 5.10 Å². The molecule has 164 valence electrons. The first-order valence-corrected chi connectivity index (χ1v) is 10.3. The van der Waals surface area contributed by atoms with Crippen LogP contribution in [-0.2, 0) is 22.6 Å². The number of hydrogen-bond acceptors (Lipinski definition) is 3. The van der Waals surface area contributed by atoms with Gasteiger partial charge in [-0.05, 0) is 55.7 Å². The summed E-state index contributed by atoms with van der Waals surface area (Å²) in [4.78, 5) is 27.9. The van der Waals surface area contributed by atoms with E-state index in [4.69, 9.17) is 0 Å². The average molecular weight is 433 g/mol. The molecule has 2 amide bonds. The summed E-state index contributed by atoms with van der Waals surface area (Å²) in [6, 6.07) is 16.2. The molecule has 0 radical (unpaired) electrons. The lowest BCUT2D eigenvalue weighted by molar-refractivity contribution is -0.129. The second-order valence-electron chi connectivity index (χ2n) is 7.72. The van der Waals surface area contributed by atoms with Crippen molar-refractivity contribution in [3.8, 4) is 11.3 Å². The quantitative estimate of drug-likeness (QED) is 0.406. The monoisotopic (exact) mass is 433 g/mol. The van der Waals surface area contributed by atoms with E-state index in [2.05, 4.69) is 20.9 Å². The molecule has 2 aromatic carbocycles. The van der Waals surface area contributed by atoms with Crippen molar-refractivity contribution >= 4 is 22.7 Å². The number of rotatable bonds is 6. The largest absolute Gasteiger partial charge is 0.354 e. The number of aromatic amines is 1. The van der Waals surface area contributed by atoms with Gasteiger partial charge in [0.15, 0.2) is 0 Å². The zero-order valence-electron chi connectivity index (χ0n) is 17.9. The Bertz CT molecular complexity index is 1280. The summed E-state index contributed by atoms with van der Waals surface area (Å²) < 4.78 is 15.5. The zero-order chi connectivity index (χ0) is 22.7. The molecule has 4 aromatic rings. The van der Waals surface area contributed by atoms with Crippen LogP contribution in [0.2, 0.25) is 0 Å². The molecule has 7 nitrogen and oxygen atoms in total. The van der Waals surface area contributed by atoms with Crippen LogP contribution >= 0.6 is 0 Å². The molecule has 3 N–H and O–H groups in total. The molecule has 0 saturated carbocycles. The van der Waals surface area contributed by atoms with Crippen LogP contribution in [0, 0.1) is 19.7 Å². The molecule has 8 heteroatoms. The lowest BCUT2D eigenvalue weighted by Crippen LogP contribution is -2.43. The van der Waals surface area contributed by atoms with Crippen LogP contribution in [-0.4, -0.2) is 26.6 Å². The van der Waals surface area contributed by atoms with Crippen molar-refractivity contribution in [2.45, 2.75) is 33.2 Å². The molecule has 0 atom stereocenters. The van der Waals surface area contributed by atoms with Crippen LogP contribution in [0.25, 0.3) is 22.2 Å². The van der Waals surface area contributed by atoms with E-state index in [0.717, 1.165) is 39.1 Å². The Labute approximate surface area is 184 Å². The first-order chi connectivity index (χ1) is 15.4. The molecule has 0 aliphatic carbocycles. The van der Waals surface area contributed by atoms with E-state index in [1.165, 1.54) is 12.1 Å². The van der Waals surface area contributed by atoms with Gasteiger partial charge in [-0.1, -0.05) is 30.3 Å². The number of aromatic nitrogens is 3. The van der Waals surface area contributed by atoms with Crippen molar-refractivity contribution in [3.63, 3.8) is 0 Å². The number of hydrazine groups is 1. The molecule has 0 saturated heterocycles. The number of nitrogens with zero attached hydrogens (tertiary/aromatic N) is 2. The number of carbonyl (C=O) groups excluding carboxylic acids is 2. The Morgan fingerprint density at radius 1 is 1.03 bits per heavy atom. The second kappa shape index (κ2) is 9.05. The van der Waals surface area contributed by atoms with Gasteiger partial charge in [0.1, 0.15) is 12.4 Å². The standard InChI is InChI=1S/C24H24FN5O2/c1-15-12-16(2)30(29-15)14-23(32)28-27-22(31)11-9-19-20-13-18(25)8-10-21(20)26-24(19)17-6-4-3-5-7-17/h3-8,10,12-13,26H,9,11,14H2,1-2H3,(H,27,31)(H,28,32). The summed E-state index contributed by atoms with van der Waals surface area (Å²) in [6.07, 6.45) is 0.510. The second-order valence-corrected chi connectivity index (χ2v) is 7.72. The fourth-order valence-electron chi connectivity index (χ4n) is 3.78. The highest BCUT2D eigenvalue weighted by molar-refractivity contribution is 5.91. The summed E-state index contributed by atoms with van der Waals surface area (Å²) in [7, 11) is 0. The van der Waals surface area contributed by atoms with Gasteiger partial charge in [0, 0.05) is 28.7 Å². The smallest absolute Gasteiger partial charge is 0.260 e. The van der Waals surface area contributed by atoms with Crippen molar-refractivity contribution in [1.82, 2.24) is 25.6 Å². The fourth-order valence-corrected chi connectivity index (χ4v) is 3.78. The Morgan fingerprint density at radius 3 is 2.50 bits per heavy atom. The molecule has 0 aliphatic rings. The highest BCUT2D eigenvalue weighted by Crippen LogP contribution is 2.31. The Hall–Kier alpha value is -3.94. The summed E-state index contributed by atoms with van der Waals surface area (Å²) >= 11 is 0. The van der Waals surface area contributed by atoms with E-state index < -0.39 is 0 Å². The molecule has 4 rings (SSSR count). The third-order valence-electron chi connectivity index (χ3n) is 5.27. The maximum atomic E-state index is 13.9. The SMILES string of the molecule is Cc1cc(C)n(CC(=O)NNC(=O)CCc2c(-c3ccccc3)[nH]c3ccc(F)cc23)n1. The lowest BCUT2D eigenvalue weighted by Gasteiger charge is -2.09. The van der Waals surface area contributed by atoms with E-state index >= 15 is 0 Å². The highest BCUT2D eigenvalue weighted by Gasteiger charge is 2.16. The minimum absolute atomic E-state index is 0.0137. The molecule has 0 unspecified atom stereocenters. The third-order valence-corrected chi connectivity index (χ3v) is 5.27. The molecule has 0 fully saturated rings. The van der Waals surface area contributed by atoms with Crippen molar-refractivity contribution in [1.29, 1.82) is 0 Å². The molecule has 0 spiro atoms. The van der Waals surface area contributed by atoms with Gasteiger partial charge in [0.05, 0.1) is 5.69 Å². The number of H-pyrrole nitrogens is 1. The molecular weight excluding hydrogens is 409 g/mol. The highest BCUT2D eigenvalue weighted by atomic mass is 19.1. The maximum absolute atomic E-state index is 13.9. The van der Waals surface area contributed by atoms with Crippen LogP contribution < -0.4 is 10.9 Å². The minimum Gasteiger partial charge on any atom is -0.354 e. The Morgan fingerprint density at radius 2 is 1.78 bits per heavy atom. The summed E-state index contributed by atoms with van der Waals surface area (Å²) in [5.41, 5.74) is 10.0. The number of carbonyl (C=O) groups is 2. The zero-order valence-corrected chi connectivity index (χ0v) is 17.9. The van der Waals surface area contributed by atoms with Gasteiger partial charge in [-0.3, -0.25) is 25.1 Å². The topological polar surface area (TPSA) is 91.8 Å². The molecule has 0 bridgehead atoms. The number of hydrogen-bond donors (Lipinski definition) is 3. The fraction of sp³-hybridized carbons (Fsp3) is 0.208. The normalized spacial score (nSPS) is 11.0. The van der Waals surface area contributed by atoms with E-state index in [9.17, 15) is 14.0 Å². The summed E-state index contributed by atoms with van der Waals surface area (Å²) in [5, 5.41) is 4.97. The molecule has 2 aromatic heterocycles. The van der Waals surface area contributed by atoms with Gasteiger partial charge in [-0.25, -0.2) is 4.39 Å². The summed E-state index contributed by atoms with van der Waals surface area (Å²) in [5.74, 6) is -1.04. The van der Waals surface area contributed by atoms with Crippen LogP contribution in [0.15, 0.2) is 54.6 Å². The number of nitrogens with one attached hydrogen (secondary N) is 3. The van der Waals surface area contributed by atoms with Gasteiger partial charge >= 0.3 is 0 Å². The molecule has 2 heterocycles. The van der Waals surface area contributed by atoms with Crippen molar-refractivity contribution in [2.75, 3.05) is 0 Å². The van der Waals surface area contributed by atoms with Crippen LogP contribution in [0.5, 0.6) is 0 Å². The van der Waals surface area contributed by atoms with E-state index in [1.807, 2.05) is 50.2 Å². The average Bonchev–Trinajstić information content (AvgIpc) is 3.29. The Balaban J connectivity index is 1.43. The molecular formula is C24H24FN5O2. The van der Waals surface area contributed by atoms with Crippen LogP contribution in [0.3, 0.4) is 0 Å². The van der Waals surface area contributed by atoms with Crippen LogP contribution in [0.1, 0.15) is 23.4 Å². The minimum atomic E-state index is -0.372. The third kappa shape index (κ3) is 4.69. The van der Waals surface area contributed by atoms with E-state index in [1.54, 1.807) is 10.7 Å². The number of halogens is 1. The van der Waals surface area contributed by atoms with Gasteiger partial charge in [-0.15, -0.1) is 0 Å². The number of aryl methyl sites for hydroxylation is 3. The Kier molecular flexibility index (Phi) is 6.02.